The van der Waals surface area contributed by atoms with Crippen LogP contribution >= 0.6 is 0 Å². The van der Waals surface area contributed by atoms with Crippen molar-refractivity contribution in [2.24, 2.45) is 0 Å². The minimum atomic E-state index is -0.300. The zero-order chi connectivity index (χ0) is 11.6. The maximum Gasteiger partial charge on any atom is 0.233 e. The Kier molecular flexibility index (Phi) is 2.97. The number of benzene rings is 1. The lowest BCUT2D eigenvalue weighted by molar-refractivity contribution is -0.133. The molecule has 1 aliphatic rings. The Morgan fingerprint density at radius 1 is 1.38 bits per heavy atom. The van der Waals surface area contributed by atoms with Gasteiger partial charge in [-0.1, -0.05) is 30.3 Å². The van der Waals surface area contributed by atoms with Gasteiger partial charge in [0.05, 0.1) is 12.0 Å². The molecule has 1 N–H and O–H groups in total. The summed E-state index contributed by atoms with van der Waals surface area (Å²) < 4.78 is 0. The summed E-state index contributed by atoms with van der Waals surface area (Å²) in [6, 6.07) is 9.92. The highest BCUT2D eigenvalue weighted by atomic mass is 16.3. The van der Waals surface area contributed by atoms with Crippen LogP contribution in [-0.4, -0.2) is 36.1 Å². The molecule has 2 rings (SSSR count). The molecule has 1 aliphatic carbocycles. The molecule has 1 aromatic carbocycles. The second kappa shape index (κ2) is 4.26. The van der Waals surface area contributed by atoms with Gasteiger partial charge in [0.1, 0.15) is 0 Å². The average molecular weight is 219 g/mol. The minimum absolute atomic E-state index is 0.0209. The first kappa shape index (κ1) is 11.1. The lowest BCUT2D eigenvalue weighted by atomic mass is 9.94. The van der Waals surface area contributed by atoms with Gasteiger partial charge in [0.2, 0.25) is 5.91 Å². The van der Waals surface area contributed by atoms with Crippen molar-refractivity contribution in [3.63, 3.8) is 0 Å². The van der Waals surface area contributed by atoms with E-state index in [1.165, 1.54) is 0 Å². The van der Waals surface area contributed by atoms with E-state index in [0.717, 1.165) is 18.4 Å². The topological polar surface area (TPSA) is 40.5 Å². The molecule has 0 spiro atoms. The summed E-state index contributed by atoms with van der Waals surface area (Å²) >= 11 is 0. The fraction of sp³-hybridized carbons (Fsp3) is 0.462. The Hall–Kier alpha value is -1.35. The van der Waals surface area contributed by atoms with Gasteiger partial charge in [-0.2, -0.15) is 0 Å². The number of carbonyl (C=O) groups excluding carboxylic acids is 1. The van der Waals surface area contributed by atoms with E-state index in [9.17, 15) is 4.79 Å². The van der Waals surface area contributed by atoms with Gasteiger partial charge in [-0.25, -0.2) is 0 Å². The molecule has 0 heterocycles. The lowest BCUT2D eigenvalue weighted by Gasteiger charge is -2.23. The van der Waals surface area contributed by atoms with Gasteiger partial charge in [0.25, 0.3) is 0 Å². The molecule has 0 atom stereocenters. The summed E-state index contributed by atoms with van der Waals surface area (Å²) in [5.41, 5.74) is 0.801. The quantitative estimate of drug-likeness (QED) is 0.825. The van der Waals surface area contributed by atoms with Crippen LogP contribution in [0.2, 0.25) is 0 Å². The van der Waals surface area contributed by atoms with Crippen molar-refractivity contribution < 1.29 is 9.90 Å². The average Bonchev–Trinajstić information content (AvgIpc) is 3.11. The summed E-state index contributed by atoms with van der Waals surface area (Å²) in [4.78, 5) is 13.9. The Morgan fingerprint density at radius 2 is 2.00 bits per heavy atom. The molecule has 16 heavy (non-hydrogen) atoms. The Bertz CT molecular complexity index is 371. The molecule has 0 unspecified atom stereocenters. The van der Waals surface area contributed by atoms with Crippen molar-refractivity contribution in [1.29, 1.82) is 0 Å². The van der Waals surface area contributed by atoms with Crippen LogP contribution in [-0.2, 0) is 10.2 Å². The molecule has 3 nitrogen and oxygen atoms in total. The first-order valence-electron chi connectivity index (χ1n) is 5.63. The van der Waals surface area contributed by atoms with Crippen LogP contribution in [0.15, 0.2) is 30.3 Å². The van der Waals surface area contributed by atoms with Gasteiger partial charge in [0, 0.05) is 13.6 Å². The third kappa shape index (κ3) is 1.83. The molecule has 0 aliphatic heterocycles. The fourth-order valence-electron chi connectivity index (χ4n) is 2.13. The summed E-state index contributed by atoms with van der Waals surface area (Å²) in [5, 5.41) is 8.85. The van der Waals surface area contributed by atoms with Gasteiger partial charge in [0.15, 0.2) is 0 Å². The molecule has 86 valence electrons. The lowest BCUT2D eigenvalue weighted by Crippen LogP contribution is -2.38. The van der Waals surface area contributed by atoms with E-state index >= 15 is 0 Å². The Morgan fingerprint density at radius 3 is 2.50 bits per heavy atom. The highest BCUT2D eigenvalue weighted by Gasteiger charge is 2.52. The maximum absolute atomic E-state index is 12.2. The third-order valence-corrected chi connectivity index (χ3v) is 3.27. The monoisotopic (exact) mass is 219 g/mol. The summed E-state index contributed by atoms with van der Waals surface area (Å²) in [6.45, 7) is 0.431. The van der Waals surface area contributed by atoms with Crippen LogP contribution in [0.1, 0.15) is 18.4 Å². The number of aliphatic hydroxyl groups excluding tert-OH is 1. The van der Waals surface area contributed by atoms with Crippen LogP contribution in [0.5, 0.6) is 0 Å². The zero-order valence-corrected chi connectivity index (χ0v) is 9.52. The predicted octanol–water partition coefficient (Wildman–Crippen LogP) is 1.17. The molecule has 3 heteroatoms. The Balaban J connectivity index is 2.17. The van der Waals surface area contributed by atoms with Crippen LogP contribution in [0.4, 0.5) is 0 Å². The highest BCUT2D eigenvalue weighted by Crippen LogP contribution is 2.49. The number of amides is 1. The molecular formula is C13H17NO2. The third-order valence-electron chi connectivity index (χ3n) is 3.27. The fourth-order valence-corrected chi connectivity index (χ4v) is 2.13. The van der Waals surface area contributed by atoms with E-state index in [4.69, 9.17) is 5.11 Å². The number of hydrogen-bond acceptors (Lipinski definition) is 2. The number of hydrogen-bond donors (Lipinski definition) is 1. The van der Waals surface area contributed by atoms with E-state index in [-0.39, 0.29) is 17.9 Å². The van der Waals surface area contributed by atoms with E-state index in [1.807, 2.05) is 30.3 Å². The van der Waals surface area contributed by atoms with Crippen molar-refractivity contribution in [1.82, 2.24) is 4.90 Å². The molecule has 0 bridgehead atoms. The predicted molar refractivity (Wildman–Crippen MR) is 62.1 cm³/mol. The number of carbonyl (C=O) groups is 1. The second-order valence-corrected chi connectivity index (χ2v) is 4.40. The van der Waals surface area contributed by atoms with Gasteiger partial charge < -0.3 is 10.0 Å². The van der Waals surface area contributed by atoms with Crippen molar-refractivity contribution in [3.8, 4) is 0 Å². The summed E-state index contributed by atoms with van der Waals surface area (Å²) in [7, 11) is 1.75. The standard InChI is InChI=1S/C13H17NO2/c1-14(9-10-15)12(16)13(7-8-13)11-5-3-2-4-6-11/h2-6,15H,7-10H2,1H3. The van der Waals surface area contributed by atoms with Crippen LogP contribution in [0.25, 0.3) is 0 Å². The van der Waals surface area contributed by atoms with Crippen molar-refractivity contribution >= 4 is 5.91 Å². The van der Waals surface area contributed by atoms with E-state index in [2.05, 4.69) is 0 Å². The number of rotatable bonds is 4. The summed E-state index contributed by atoms with van der Waals surface area (Å²) in [6.07, 6.45) is 1.84. The molecule has 1 fully saturated rings. The molecule has 1 aromatic rings. The van der Waals surface area contributed by atoms with Gasteiger partial charge in [-0.05, 0) is 18.4 Å². The van der Waals surface area contributed by atoms with E-state index < -0.39 is 0 Å². The van der Waals surface area contributed by atoms with Crippen LogP contribution in [0, 0.1) is 0 Å². The van der Waals surface area contributed by atoms with E-state index in [0.29, 0.717) is 6.54 Å². The van der Waals surface area contributed by atoms with Crippen molar-refractivity contribution in [2.45, 2.75) is 18.3 Å². The molecule has 1 saturated carbocycles. The van der Waals surface area contributed by atoms with Crippen LogP contribution < -0.4 is 0 Å². The molecule has 0 saturated heterocycles. The van der Waals surface area contributed by atoms with Crippen LogP contribution in [0.3, 0.4) is 0 Å². The SMILES string of the molecule is CN(CCO)C(=O)C1(c2ccccc2)CC1. The highest BCUT2D eigenvalue weighted by molar-refractivity contribution is 5.91. The summed E-state index contributed by atoms with van der Waals surface area (Å²) in [5.74, 6) is 0.132. The second-order valence-electron chi connectivity index (χ2n) is 4.40. The zero-order valence-electron chi connectivity index (χ0n) is 9.52. The number of nitrogens with zero attached hydrogens (tertiary/aromatic N) is 1. The van der Waals surface area contributed by atoms with Gasteiger partial charge in [-0.15, -0.1) is 0 Å². The van der Waals surface area contributed by atoms with Crippen molar-refractivity contribution in [2.75, 3.05) is 20.2 Å². The molecule has 0 radical (unpaired) electrons. The maximum atomic E-state index is 12.2. The first-order chi connectivity index (χ1) is 7.70. The Labute approximate surface area is 95.7 Å². The largest absolute Gasteiger partial charge is 0.395 e. The van der Waals surface area contributed by atoms with Gasteiger partial charge >= 0.3 is 0 Å². The molecular weight excluding hydrogens is 202 g/mol. The number of likely N-dealkylation sites (N-methyl/N-ethyl adjacent to an activating group) is 1. The van der Waals surface area contributed by atoms with E-state index in [1.54, 1.807) is 11.9 Å². The first-order valence-corrected chi connectivity index (χ1v) is 5.63. The van der Waals surface area contributed by atoms with Crippen molar-refractivity contribution in [3.05, 3.63) is 35.9 Å². The smallest absolute Gasteiger partial charge is 0.233 e. The number of aliphatic hydroxyl groups is 1. The molecule has 0 aromatic heterocycles. The molecule has 1 amide bonds. The normalized spacial score (nSPS) is 16.9. The minimum Gasteiger partial charge on any atom is -0.395 e. The van der Waals surface area contributed by atoms with Gasteiger partial charge in [-0.3, -0.25) is 4.79 Å².